The second-order valence-electron chi connectivity index (χ2n) is 28.7. The summed E-state index contributed by atoms with van der Waals surface area (Å²) in [5.41, 5.74) is 28.4. The molecule has 6 nitrogen and oxygen atoms in total. The van der Waals surface area contributed by atoms with Crippen LogP contribution in [0.2, 0.25) is 0 Å². The van der Waals surface area contributed by atoms with Crippen LogP contribution in [0, 0.1) is 0 Å². The van der Waals surface area contributed by atoms with E-state index in [-0.39, 0.29) is 0 Å². The first kappa shape index (κ1) is 61.9. The molecule has 0 saturated heterocycles. The standard InChI is InChI=1S/C52H32N4S.C49H30N2S/c1-3-15-34(16-4-1)49-53-50(35-17-5-2-6-18-35)55-51(54-49)36-31-29-33(30-32-36)37-20-13-25-43-48(37)57-46-28-12-9-23-41(46)52(43)40-22-8-11-27-45(40)56-44-26-10-7-19-38(44)39-21-14-24-42(52)47(39)56;1-6-22-42-34(13-1)35-14-2-7-23-43(35)50(42)32-29-27-31(28-30-32)33-16-11-21-41-48(33)52-46-26-10-5-19-39(46)49(41)38-18-4-9-25-45(38)51-44-24-8-3-15-36(44)37-17-12-20-40(49)47(37)51/h1-32H;1-30H. The summed E-state index contributed by atoms with van der Waals surface area (Å²) in [4.78, 5) is 20.1. The van der Waals surface area contributed by atoms with Gasteiger partial charge in [0.25, 0.3) is 0 Å². The predicted molar refractivity (Wildman–Crippen MR) is 448 cm³/mol. The number of benzene rings is 16. The van der Waals surface area contributed by atoms with Crippen molar-refractivity contribution < 1.29 is 0 Å². The van der Waals surface area contributed by atoms with E-state index in [1.165, 1.54) is 163 Å². The van der Waals surface area contributed by atoms with E-state index in [1.54, 1.807) is 0 Å². The molecule has 2 spiro atoms. The topological polar surface area (TPSA) is 53.5 Å². The Morgan fingerprint density at radius 3 is 0.954 bits per heavy atom. The molecule has 24 rings (SSSR count). The lowest BCUT2D eigenvalue weighted by Crippen LogP contribution is -2.37. The summed E-state index contributed by atoms with van der Waals surface area (Å²) in [6, 6.07) is 137. The summed E-state index contributed by atoms with van der Waals surface area (Å²) >= 11 is 3.80. The minimum Gasteiger partial charge on any atom is -0.309 e. The number of rotatable bonds is 6. The molecule has 4 aliphatic rings. The van der Waals surface area contributed by atoms with Crippen LogP contribution < -0.4 is 0 Å². The molecule has 0 amide bonds. The highest BCUT2D eigenvalue weighted by Crippen LogP contribution is 2.64. The molecular weight excluding hydrogens is 1360 g/mol. The van der Waals surface area contributed by atoms with Crippen molar-refractivity contribution in [2.24, 2.45) is 0 Å². The van der Waals surface area contributed by atoms with Crippen molar-refractivity contribution in [3.63, 3.8) is 0 Å². The molecule has 0 N–H and O–H groups in total. The molecule has 8 heteroatoms. The maximum absolute atomic E-state index is 5.00. The van der Waals surface area contributed by atoms with E-state index in [4.69, 9.17) is 15.0 Å². The van der Waals surface area contributed by atoms with Gasteiger partial charge in [-0.15, -0.1) is 0 Å². The van der Waals surface area contributed by atoms with Crippen molar-refractivity contribution in [2.45, 2.75) is 30.4 Å². The zero-order valence-electron chi connectivity index (χ0n) is 58.8. The van der Waals surface area contributed by atoms with Crippen LogP contribution in [0.3, 0.4) is 0 Å². The van der Waals surface area contributed by atoms with Gasteiger partial charge in [0.2, 0.25) is 0 Å². The Hall–Kier alpha value is -13.4. The van der Waals surface area contributed by atoms with Gasteiger partial charge >= 0.3 is 0 Å². The minimum atomic E-state index is -0.528. The van der Waals surface area contributed by atoms with Crippen LogP contribution in [0.25, 0.3) is 139 Å². The fraction of sp³-hybridized carbons (Fsp3) is 0.0198. The van der Waals surface area contributed by atoms with Gasteiger partial charge in [0, 0.05) is 74.3 Å². The molecule has 0 radical (unpaired) electrons. The van der Waals surface area contributed by atoms with E-state index in [0.717, 1.165) is 22.3 Å². The number of fused-ring (bicyclic) bond motifs is 25. The van der Waals surface area contributed by atoms with Crippen molar-refractivity contribution >= 4 is 88.9 Å². The van der Waals surface area contributed by atoms with Crippen molar-refractivity contribution in [3.8, 4) is 73.5 Å². The normalized spacial score (nSPS) is 15.3. The number of aromatic nitrogens is 6. The van der Waals surface area contributed by atoms with Gasteiger partial charge in [0.15, 0.2) is 17.5 Å². The van der Waals surface area contributed by atoms with E-state index in [0.29, 0.717) is 17.5 Å². The first-order valence-corrected chi connectivity index (χ1v) is 38.9. The largest absolute Gasteiger partial charge is 0.309 e. The van der Waals surface area contributed by atoms with E-state index < -0.39 is 10.8 Å². The van der Waals surface area contributed by atoms with E-state index in [1.807, 2.05) is 84.2 Å². The summed E-state index contributed by atoms with van der Waals surface area (Å²) in [7, 11) is 0. The van der Waals surface area contributed by atoms with Crippen LogP contribution in [0.5, 0.6) is 0 Å². The van der Waals surface area contributed by atoms with Gasteiger partial charge in [-0.3, -0.25) is 0 Å². The van der Waals surface area contributed by atoms with Crippen molar-refractivity contribution in [2.75, 3.05) is 0 Å². The zero-order valence-corrected chi connectivity index (χ0v) is 60.4. The lowest BCUT2D eigenvalue weighted by Gasteiger charge is -2.45. The van der Waals surface area contributed by atoms with Gasteiger partial charge in [0.1, 0.15) is 0 Å². The van der Waals surface area contributed by atoms with Gasteiger partial charge in [-0.05, 0) is 127 Å². The van der Waals surface area contributed by atoms with Crippen molar-refractivity contribution in [3.05, 3.63) is 421 Å². The molecule has 0 aliphatic carbocycles. The number of hydrogen-bond acceptors (Lipinski definition) is 5. The highest BCUT2D eigenvalue weighted by atomic mass is 32.2. The Balaban J connectivity index is 0.000000132. The third-order valence-electron chi connectivity index (χ3n) is 23.3. The fourth-order valence-electron chi connectivity index (χ4n) is 18.9. The molecule has 508 valence electrons. The third-order valence-corrected chi connectivity index (χ3v) is 25.7. The minimum absolute atomic E-state index is 0.490. The number of hydrogen-bond donors (Lipinski definition) is 0. The lowest BCUT2D eigenvalue weighted by molar-refractivity contribution is 0.690. The molecule has 20 aromatic rings. The van der Waals surface area contributed by atoms with Crippen LogP contribution >= 0.6 is 23.5 Å². The quantitative estimate of drug-likeness (QED) is 0.166. The Bertz CT molecular complexity index is 7060. The molecule has 0 bridgehead atoms. The first-order valence-electron chi connectivity index (χ1n) is 37.2. The summed E-state index contributed by atoms with van der Waals surface area (Å²) in [6.45, 7) is 0. The molecule has 2 unspecified atom stereocenters. The summed E-state index contributed by atoms with van der Waals surface area (Å²) < 4.78 is 7.41. The van der Waals surface area contributed by atoms with Crippen LogP contribution in [-0.2, 0) is 10.8 Å². The first-order chi connectivity index (χ1) is 54.1. The Kier molecular flexibility index (Phi) is 13.7. The average molecular weight is 1420 g/mol. The van der Waals surface area contributed by atoms with Gasteiger partial charge < -0.3 is 13.7 Å². The SMILES string of the molecule is c1ccc(-c2nc(-c3ccccc3)nc(-c3ccc(-c4cccc5c4Sc4ccccc4C54c5ccccc5-n5c6ccccc6c6cccc4c65)cc3)n2)cc1.c1ccc2c(c1)Sc1c(-c3ccc(-n4c5ccccc5c5ccccc54)cc3)cccc1C21c2ccccc2-n2c3ccccc3c3cccc1c32. The Morgan fingerprint density at radius 2 is 0.514 bits per heavy atom. The van der Waals surface area contributed by atoms with Gasteiger partial charge in [0.05, 0.1) is 55.3 Å². The summed E-state index contributed by atoms with van der Waals surface area (Å²) in [5, 5.41) is 7.71. The number of nitrogens with zero attached hydrogens (tertiary/aromatic N) is 6. The molecule has 0 saturated carbocycles. The second kappa shape index (κ2) is 24.1. The third kappa shape index (κ3) is 8.87. The average Bonchev–Trinajstić information content (AvgIpc) is 1.65. The summed E-state index contributed by atoms with van der Waals surface area (Å²) in [5.74, 6) is 1.96. The second-order valence-corrected chi connectivity index (χ2v) is 30.8. The molecule has 4 aromatic heterocycles. The maximum atomic E-state index is 5.00. The lowest BCUT2D eigenvalue weighted by atomic mass is 9.62. The molecule has 4 aliphatic heterocycles. The highest BCUT2D eigenvalue weighted by molar-refractivity contribution is 8.00. The van der Waals surface area contributed by atoms with E-state index in [2.05, 4.69) is 329 Å². The van der Waals surface area contributed by atoms with Gasteiger partial charge in [-0.1, -0.05) is 339 Å². The van der Waals surface area contributed by atoms with E-state index in [9.17, 15) is 0 Å². The Morgan fingerprint density at radius 1 is 0.211 bits per heavy atom. The van der Waals surface area contributed by atoms with Crippen molar-refractivity contribution in [1.82, 2.24) is 28.7 Å². The maximum Gasteiger partial charge on any atom is 0.164 e. The van der Waals surface area contributed by atoms with Crippen LogP contribution in [-0.4, -0.2) is 28.7 Å². The van der Waals surface area contributed by atoms with Crippen molar-refractivity contribution in [1.29, 1.82) is 0 Å². The van der Waals surface area contributed by atoms with Crippen LogP contribution in [0.1, 0.15) is 44.5 Å². The zero-order chi connectivity index (χ0) is 71.5. The smallest absolute Gasteiger partial charge is 0.164 e. The predicted octanol–water partition coefficient (Wildman–Crippen LogP) is 25.5. The molecule has 8 heterocycles. The highest BCUT2D eigenvalue weighted by Gasteiger charge is 2.52. The molecular formula is C101H62N6S2. The van der Waals surface area contributed by atoms with Gasteiger partial charge in [-0.2, -0.15) is 0 Å². The molecule has 16 aromatic carbocycles. The molecule has 2 atom stereocenters. The van der Waals surface area contributed by atoms with E-state index >= 15 is 0 Å². The summed E-state index contributed by atoms with van der Waals surface area (Å²) in [6.07, 6.45) is 0. The Labute approximate surface area is 637 Å². The number of para-hydroxylation sites is 8. The van der Waals surface area contributed by atoms with Crippen LogP contribution in [0.4, 0.5) is 0 Å². The molecule has 109 heavy (non-hydrogen) atoms. The van der Waals surface area contributed by atoms with Gasteiger partial charge in [-0.25, -0.2) is 15.0 Å². The molecule has 0 fully saturated rings. The monoisotopic (exact) mass is 1420 g/mol. The fourth-order valence-corrected chi connectivity index (χ4v) is 21.5. The van der Waals surface area contributed by atoms with Crippen LogP contribution in [0.15, 0.2) is 396 Å².